The molecule has 0 bridgehead atoms. The molecule has 3 N–H and O–H groups in total. The molecule has 2 aliphatic heterocycles. The molecule has 8 heteroatoms. The number of nitrogens with one attached hydrogen (secondary N) is 2. The van der Waals surface area contributed by atoms with Crippen LogP contribution in [0.2, 0.25) is 0 Å². The van der Waals surface area contributed by atoms with Gasteiger partial charge in [0.1, 0.15) is 11.4 Å². The first-order valence-electron chi connectivity index (χ1n) is 10.0. The normalized spacial score (nSPS) is 19.9. The summed E-state index contributed by atoms with van der Waals surface area (Å²) in [5.74, 6) is 0.572. The number of aromatic amines is 1. The van der Waals surface area contributed by atoms with E-state index in [0.29, 0.717) is 43.4 Å². The van der Waals surface area contributed by atoms with Crippen molar-refractivity contribution >= 4 is 22.9 Å². The van der Waals surface area contributed by atoms with Gasteiger partial charge < -0.3 is 20.1 Å². The molecule has 1 aromatic heterocycles. The number of amides is 2. The zero-order valence-electron chi connectivity index (χ0n) is 16.3. The Morgan fingerprint density at radius 3 is 2.77 bits per heavy atom. The zero-order valence-corrected chi connectivity index (χ0v) is 16.3. The summed E-state index contributed by atoms with van der Waals surface area (Å²) in [7, 11) is 0. The molecule has 1 spiro atoms. The second-order valence-electron chi connectivity index (χ2n) is 7.96. The average molecular weight is 406 g/mol. The summed E-state index contributed by atoms with van der Waals surface area (Å²) in [5.41, 5.74) is 1.70. The molecular weight excluding hydrogens is 384 g/mol. The number of carbonyl (C=O) groups is 2. The molecule has 2 amide bonds. The van der Waals surface area contributed by atoms with Crippen LogP contribution in [0.25, 0.3) is 10.9 Å². The number of hydrogen-bond donors (Lipinski definition) is 3. The number of hydrogen-bond acceptors (Lipinski definition) is 4. The molecule has 0 aliphatic carbocycles. The van der Waals surface area contributed by atoms with Gasteiger partial charge in [0, 0.05) is 43.3 Å². The minimum absolute atomic E-state index is 0.176. The van der Waals surface area contributed by atoms with Crippen LogP contribution in [0.1, 0.15) is 41.2 Å². The van der Waals surface area contributed by atoms with Crippen LogP contribution in [0.4, 0.5) is 4.79 Å². The van der Waals surface area contributed by atoms with Crippen LogP contribution in [-0.2, 0) is 0 Å². The number of carbonyl (C=O) groups excluding carboxylic acids is 1. The number of para-hydroxylation sites is 2. The van der Waals surface area contributed by atoms with Gasteiger partial charge >= 0.3 is 6.09 Å². The second-order valence-corrected chi connectivity index (χ2v) is 7.96. The molecule has 3 aromatic rings. The van der Waals surface area contributed by atoms with E-state index in [4.69, 9.17) is 4.74 Å². The molecule has 2 aromatic carbocycles. The van der Waals surface area contributed by atoms with Crippen molar-refractivity contribution in [2.75, 3.05) is 13.1 Å². The van der Waals surface area contributed by atoms with Crippen LogP contribution >= 0.6 is 0 Å². The van der Waals surface area contributed by atoms with Gasteiger partial charge in [-0.25, -0.2) is 4.79 Å². The highest BCUT2D eigenvalue weighted by molar-refractivity contribution is 6.05. The predicted octanol–water partition coefficient (Wildman–Crippen LogP) is 3.33. The van der Waals surface area contributed by atoms with E-state index in [1.54, 1.807) is 12.3 Å². The Labute approximate surface area is 172 Å². The van der Waals surface area contributed by atoms with Crippen molar-refractivity contribution in [1.82, 2.24) is 20.4 Å². The summed E-state index contributed by atoms with van der Waals surface area (Å²) < 4.78 is 6.38. The lowest BCUT2D eigenvalue weighted by Crippen LogP contribution is -2.53. The molecular formula is C22H22N4O4. The van der Waals surface area contributed by atoms with E-state index in [-0.39, 0.29) is 11.9 Å². The minimum Gasteiger partial charge on any atom is -0.487 e. The minimum atomic E-state index is -0.904. The van der Waals surface area contributed by atoms with Crippen molar-refractivity contribution in [2.45, 2.75) is 30.9 Å². The quantitative estimate of drug-likeness (QED) is 0.605. The monoisotopic (exact) mass is 406 g/mol. The van der Waals surface area contributed by atoms with E-state index in [1.807, 2.05) is 36.4 Å². The van der Waals surface area contributed by atoms with Crippen molar-refractivity contribution in [3.63, 3.8) is 0 Å². The SMILES string of the molecule is O=C(N[C@H]1CC2(CCN(C(=O)O)CC2)Oc2ccccc21)c1cccc2cn[nH]c12. The van der Waals surface area contributed by atoms with E-state index in [0.717, 1.165) is 16.7 Å². The standard InChI is InChI=1S/C22H22N4O4/c27-20(16-6-3-4-14-13-23-25-19(14)16)24-17-12-22(8-10-26(11-9-22)21(28)29)30-18-7-2-1-5-15(17)18/h1-7,13,17H,8-12H2,(H,23,25)(H,24,27)(H,28,29)/t17-/m0/s1. The van der Waals surface area contributed by atoms with Crippen LogP contribution in [-0.4, -0.2) is 50.9 Å². The van der Waals surface area contributed by atoms with E-state index >= 15 is 0 Å². The predicted molar refractivity (Wildman–Crippen MR) is 110 cm³/mol. The average Bonchev–Trinajstić information content (AvgIpc) is 3.23. The third-order valence-corrected chi connectivity index (χ3v) is 6.17. The van der Waals surface area contributed by atoms with E-state index in [1.165, 1.54) is 4.90 Å². The van der Waals surface area contributed by atoms with Crippen LogP contribution in [0.5, 0.6) is 5.75 Å². The van der Waals surface area contributed by atoms with E-state index < -0.39 is 11.7 Å². The molecule has 30 heavy (non-hydrogen) atoms. The van der Waals surface area contributed by atoms with Gasteiger partial charge in [0.2, 0.25) is 0 Å². The number of piperidine rings is 1. The molecule has 3 heterocycles. The highest BCUT2D eigenvalue weighted by Gasteiger charge is 2.44. The molecule has 1 fully saturated rings. The topological polar surface area (TPSA) is 108 Å². The summed E-state index contributed by atoms with van der Waals surface area (Å²) in [5, 5.41) is 20.3. The van der Waals surface area contributed by atoms with E-state index in [9.17, 15) is 14.7 Å². The Hall–Kier alpha value is -3.55. The summed E-state index contributed by atoms with van der Waals surface area (Å²) >= 11 is 0. The first-order valence-corrected chi connectivity index (χ1v) is 10.0. The van der Waals surface area contributed by atoms with Crippen LogP contribution in [0.3, 0.4) is 0 Å². The van der Waals surface area contributed by atoms with Crippen molar-refractivity contribution < 1.29 is 19.4 Å². The van der Waals surface area contributed by atoms with Crippen molar-refractivity contribution in [3.05, 3.63) is 59.8 Å². The maximum atomic E-state index is 13.2. The smallest absolute Gasteiger partial charge is 0.407 e. The Bertz CT molecular complexity index is 1120. The molecule has 0 saturated carbocycles. The summed E-state index contributed by atoms with van der Waals surface area (Å²) in [6, 6.07) is 13.0. The van der Waals surface area contributed by atoms with Gasteiger partial charge in [-0.2, -0.15) is 5.10 Å². The van der Waals surface area contributed by atoms with Crippen LogP contribution in [0.15, 0.2) is 48.7 Å². The summed E-state index contributed by atoms with van der Waals surface area (Å²) in [6.45, 7) is 0.844. The second kappa shape index (κ2) is 7.05. The van der Waals surface area contributed by atoms with Crippen molar-refractivity contribution in [2.24, 2.45) is 0 Å². The first-order chi connectivity index (χ1) is 14.5. The van der Waals surface area contributed by atoms with Gasteiger partial charge in [0.25, 0.3) is 5.91 Å². The number of H-pyrrole nitrogens is 1. The van der Waals surface area contributed by atoms with Crippen molar-refractivity contribution in [1.29, 1.82) is 0 Å². The highest BCUT2D eigenvalue weighted by Crippen LogP contribution is 2.44. The fourth-order valence-electron chi connectivity index (χ4n) is 4.55. The molecule has 0 radical (unpaired) electrons. The van der Waals surface area contributed by atoms with Crippen molar-refractivity contribution in [3.8, 4) is 5.75 Å². The van der Waals surface area contributed by atoms with Gasteiger partial charge in [-0.3, -0.25) is 9.89 Å². The summed E-state index contributed by atoms with van der Waals surface area (Å²) in [6.07, 6.45) is 2.58. The largest absolute Gasteiger partial charge is 0.487 e. The molecule has 1 saturated heterocycles. The van der Waals surface area contributed by atoms with Gasteiger partial charge in [0.05, 0.1) is 23.3 Å². The van der Waals surface area contributed by atoms with Crippen LogP contribution in [0, 0.1) is 0 Å². The lowest BCUT2D eigenvalue weighted by atomic mass is 9.80. The molecule has 154 valence electrons. The molecule has 2 aliphatic rings. The van der Waals surface area contributed by atoms with Gasteiger partial charge in [0.15, 0.2) is 0 Å². The number of nitrogens with zero attached hydrogens (tertiary/aromatic N) is 2. The Morgan fingerprint density at radius 1 is 1.17 bits per heavy atom. The number of benzene rings is 2. The van der Waals surface area contributed by atoms with Gasteiger partial charge in [-0.1, -0.05) is 30.3 Å². The number of likely N-dealkylation sites (tertiary alicyclic amines) is 1. The fourth-order valence-corrected chi connectivity index (χ4v) is 4.55. The first kappa shape index (κ1) is 18.5. The molecule has 0 unspecified atom stereocenters. The summed E-state index contributed by atoms with van der Waals surface area (Å²) in [4.78, 5) is 25.9. The Kier molecular flexibility index (Phi) is 4.34. The number of rotatable bonds is 2. The maximum Gasteiger partial charge on any atom is 0.407 e. The number of ether oxygens (including phenoxy) is 1. The highest BCUT2D eigenvalue weighted by atomic mass is 16.5. The van der Waals surface area contributed by atoms with Gasteiger partial charge in [-0.05, 0) is 12.1 Å². The number of aromatic nitrogens is 2. The fraction of sp³-hybridized carbons (Fsp3) is 0.318. The third-order valence-electron chi connectivity index (χ3n) is 6.17. The van der Waals surface area contributed by atoms with E-state index in [2.05, 4.69) is 15.5 Å². The lowest BCUT2D eigenvalue weighted by Gasteiger charge is -2.46. The Balaban J connectivity index is 1.43. The van der Waals surface area contributed by atoms with Gasteiger partial charge in [-0.15, -0.1) is 0 Å². The molecule has 1 atom stereocenters. The Morgan fingerprint density at radius 2 is 1.97 bits per heavy atom. The number of fused-ring (bicyclic) bond motifs is 2. The zero-order chi connectivity index (χ0) is 20.7. The third kappa shape index (κ3) is 3.14. The maximum absolute atomic E-state index is 13.2. The lowest BCUT2D eigenvalue weighted by molar-refractivity contribution is -0.0205. The van der Waals surface area contributed by atoms with Crippen LogP contribution < -0.4 is 10.1 Å². The molecule has 5 rings (SSSR count). The molecule has 8 nitrogen and oxygen atoms in total. The number of carboxylic acid groups (broad SMARTS) is 1.